The Balaban J connectivity index is 1.74. The lowest BCUT2D eigenvalue weighted by molar-refractivity contribution is 0.464. The molecule has 4 aromatic rings. The van der Waals surface area contributed by atoms with E-state index >= 15 is 0 Å². The van der Waals surface area contributed by atoms with Crippen LogP contribution in [0.4, 0.5) is 4.39 Å². The number of nitrogens with zero attached hydrogens (tertiary/aromatic N) is 2. The SMILES string of the molecule is Cc1cc(S(=O)(=O)N[C@@H](c2ccc(Cl)cc2)c2nnc(-c3ccccc3)o2)ccc1F. The van der Waals surface area contributed by atoms with Crippen LogP contribution in [-0.2, 0) is 10.0 Å². The van der Waals surface area contributed by atoms with Crippen molar-refractivity contribution in [2.75, 3.05) is 0 Å². The summed E-state index contributed by atoms with van der Waals surface area (Å²) < 4.78 is 48.1. The van der Waals surface area contributed by atoms with Gasteiger partial charge in [-0.2, -0.15) is 4.72 Å². The predicted octanol–water partition coefficient (Wildman–Crippen LogP) is 4.91. The third kappa shape index (κ3) is 4.66. The van der Waals surface area contributed by atoms with Gasteiger partial charge < -0.3 is 4.42 Å². The van der Waals surface area contributed by atoms with Gasteiger partial charge in [-0.05, 0) is 60.5 Å². The molecule has 0 saturated carbocycles. The summed E-state index contributed by atoms with van der Waals surface area (Å²) >= 11 is 5.98. The van der Waals surface area contributed by atoms with Crippen molar-refractivity contribution in [1.82, 2.24) is 14.9 Å². The van der Waals surface area contributed by atoms with Crippen LogP contribution in [0.5, 0.6) is 0 Å². The first kappa shape index (κ1) is 21.2. The van der Waals surface area contributed by atoms with Crippen LogP contribution in [0.2, 0.25) is 5.02 Å². The quantitative estimate of drug-likeness (QED) is 0.445. The largest absolute Gasteiger partial charge is 0.419 e. The first-order chi connectivity index (χ1) is 14.8. The third-order valence-corrected chi connectivity index (χ3v) is 6.30. The van der Waals surface area contributed by atoms with E-state index < -0.39 is 21.9 Å². The average Bonchev–Trinajstić information content (AvgIpc) is 3.25. The fraction of sp³-hybridized carbons (Fsp3) is 0.0909. The normalized spacial score (nSPS) is 12.6. The number of aryl methyl sites for hydroxylation is 1. The molecule has 9 heteroatoms. The van der Waals surface area contributed by atoms with Crippen LogP contribution in [0.3, 0.4) is 0 Å². The van der Waals surface area contributed by atoms with E-state index in [1.165, 1.54) is 19.1 Å². The highest BCUT2D eigenvalue weighted by Gasteiger charge is 2.28. The lowest BCUT2D eigenvalue weighted by atomic mass is 10.1. The Morgan fingerprint density at radius 3 is 2.39 bits per heavy atom. The zero-order valence-electron chi connectivity index (χ0n) is 16.3. The number of halogens is 2. The van der Waals surface area contributed by atoms with Gasteiger partial charge in [-0.1, -0.05) is 41.9 Å². The van der Waals surface area contributed by atoms with Crippen LogP contribution < -0.4 is 4.72 Å². The van der Waals surface area contributed by atoms with E-state index in [0.29, 0.717) is 16.1 Å². The fourth-order valence-corrected chi connectivity index (χ4v) is 4.36. The minimum Gasteiger partial charge on any atom is -0.419 e. The van der Waals surface area contributed by atoms with Crippen molar-refractivity contribution in [3.05, 3.63) is 101 Å². The number of aromatic nitrogens is 2. The summed E-state index contributed by atoms with van der Waals surface area (Å²) in [6.45, 7) is 1.50. The Bertz CT molecular complexity index is 1310. The van der Waals surface area contributed by atoms with Gasteiger partial charge in [0.25, 0.3) is 0 Å². The van der Waals surface area contributed by atoms with Gasteiger partial charge >= 0.3 is 0 Å². The van der Waals surface area contributed by atoms with Gasteiger partial charge in [0.2, 0.25) is 21.8 Å². The number of hydrogen-bond donors (Lipinski definition) is 1. The second kappa shape index (κ2) is 8.58. The molecule has 0 fully saturated rings. The predicted molar refractivity (Wildman–Crippen MR) is 114 cm³/mol. The standard InChI is InChI=1S/C22H17ClFN3O3S/c1-14-13-18(11-12-19(14)24)31(28,29)27-20(15-7-9-17(23)10-8-15)22-26-25-21(30-22)16-5-3-2-4-6-16/h2-13,20,27H,1H3/t20-/m0/s1. The molecular formula is C22H17ClFN3O3S. The number of rotatable bonds is 6. The topological polar surface area (TPSA) is 85.1 Å². The number of benzene rings is 3. The van der Waals surface area contributed by atoms with Crippen molar-refractivity contribution in [3.63, 3.8) is 0 Å². The Morgan fingerprint density at radius 2 is 1.71 bits per heavy atom. The molecule has 4 rings (SSSR count). The van der Waals surface area contributed by atoms with Crippen LogP contribution in [-0.4, -0.2) is 18.6 Å². The molecule has 0 radical (unpaired) electrons. The molecule has 0 amide bonds. The molecule has 1 atom stereocenters. The highest BCUT2D eigenvalue weighted by Crippen LogP contribution is 2.28. The Labute approximate surface area is 183 Å². The molecule has 0 saturated heterocycles. The molecule has 31 heavy (non-hydrogen) atoms. The maximum absolute atomic E-state index is 13.6. The molecule has 0 aliphatic heterocycles. The van der Waals surface area contributed by atoms with E-state index in [9.17, 15) is 12.8 Å². The van der Waals surface area contributed by atoms with Crippen molar-refractivity contribution in [3.8, 4) is 11.5 Å². The molecule has 1 N–H and O–H groups in total. The molecule has 1 aromatic heterocycles. The van der Waals surface area contributed by atoms with Gasteiger partial charge in [0, 0.05) is 10.6 Å². The second-order valence-electron chi connectivity index (χ2n) is 6.83. The van der Waals surface area contributed by atoms with Crippen LogP contribution in [0.1, 0.15) is 23.1 Å². The summed E-state index contributed by atoms with van der Waals surface area (Å²) in [7, 11) is -4.04. The van der Waals surface area contributed by atoms with E-state index in [1.54, 1.807) is 36.4 Å². The van der Waals surface area contributed by atoms with E-state index in [1.807, 2.05) is 18.2 Å². The highest BCUT2D eigenvalue weighted by atomic mass is 35.5. The third-order valence-electron chi connectivity index (χ3n) is 4.62. The summed E-state index contributed by atoms with van der Waals surface area (Å²) in [5.74, 6) is -0.174. The van der Waals surface area contributed by atoms with Crippen molar-refractivity contribution < 1.29 is 17.2 Å². The number of sulfonamides is 1. The molecule has 158 valence electrons. The van der Waals surface area contributed by atoms with Gasteiger partial charge in [-0.15, -0.1) is 10.2 Å². The Morgan fingerprint density at radius 1 is 1.00 bits per heavy atom. The van der Waals surface area contributed by atoms with Gasteiger partial charge in [0.1, 0.15) is 11.9 Å². The number of nitrogens with one attached hydrogen (secondary N) is 1. The maximum Gasteiger partial charge on any atom is 0.247 e. The minimum absolute atomic E-state index is 0.0589. The first-order valence-electron chi connectivity index (χ1n) is 9.26. The smallest absolute Gasteiger partial charge is 0.247 e. The van der Waals surface area contributed by atoms with Gasteiger partial charge in [0.15, 0.2) is 0 Å². The highest BCUT2D eigenvalue weighted by molar-refractivity contribution is 7.89. The zero-order chi connectivity index (χ0) is 22.0. The monoisotopic (exact) mass is 457 g/mol. The molecular weight excluding hydrogens is 441 g/mol. The van der Waals surface area contributed by atoms with Crippen LogP contribution >= 0.6 is 11.6 Å². The van der Waals surface area contributed by atoms with Gasteiger partial charge in [0.05, 0.1) is 4.90 Å². The molecule has 0 aliphatic carbocycles. The molecule has 0 unspecified atom stereocenters. The van der Waals surface area contributed by atoms with Gasteiger partial charge in [-0.25, -0.2) is 12.8 Å². The van der Waals surface area contributed by atoms with Crippen molar-refractivity contribution >= 4 is 21.6 Å². The molecule has 1 heterocycles. The summed E-state index contributed by atoms with van der Waals surface area (Å²) in [6.07, 6.45) is 0. The molecule has 0 aliphatic rings. The Kier molecular flexibility index (Phi) is 5.86. The van der Waals surface area contributed by atoms with E-state index in [2.05, 4.69) is 14.9 Å². The Hall–Kier alpha value is -3.07. The van der Waals surface area contributed by atoms with E-state index in [0.717, 1.165) is 6.07 Å². The van der Waals surface area contributed by atoms with Crippen LogP contribution in [0.25, 0.3) is 11.5 Å². The molecule has 0 spiro atoms. The van der Waals surface area contributed by atoms with Gasteiger partial charge in [-0.3, -0.25) is 0 Å². The lowest BCUT2D eigenvalue weighted by Crippen LogP contribution is -2.30. The zero-order valence-corrected chi connectivity index (χ0v) is 17.9. The molecule has 0 bridgehead atoms. The number of hydrogen-bond acceptors (Lipinski definition) is 5. The second-order valence-corrected chi connectivity index (χ2v) is 8.98. The lowest BCUT2D eigenvalue weighted by Gasteiger charge is -2.16. The summed E-state index contributed by atoms with van der Waals surface area (Å²) in [5.41, 5.74) is 1.47. The first-order valence-corrected chi connectivity index (χ1v) is 11.1. The maximum atomic E-state index is 13.6. The van der Waals surface area contributed by atoms with Crippen molar-refractivity contribution in [2.24, 2.45) is 0 Å². The van der Waals surface area contributed by atoms with Crippen LogP contribution in [0, 0.1) is 12.7 Å². The summed E-state index contributed by atoms with van der Waals surface area (Å²) in [4.78, 5) is -0.0758. The van der Waals surface area contributed by atoms with Crippen molar-refractivity contribution in [1.29, 1.82) is 0 Å². The van der Waals surface area contributed by atoms with E-state index in [4.69, 9.17) is 16.0 Å². The van der Waals surface area contributed by atoms with E-state index in [-0.39, 0.29) is 22.2 Å². The van der Waals surface area contributed by atoms with Crippen LogP contribution in [0.15, 0.2) is 82.1 Å². The minimum atomic E-state index is -4.04. The molecule has 6 nitrogen and oxygen atoms in total. The fourth-order valence-electron chi connectivity index (χ4n) is 2.97. The van der Waals surface area contributed by atoms with Crippen molar-refractivity contribution in [2.45, 2.75) is 17.9 Å². The average molecular weight is 458 g/mol. The summed E-state index contributed by atoms with van der Waals surface area (Å²) in [5, 5.41) is 8.61. The summed E-state index contributed by atoms with van der Waals surface area (Å²) in [6, 6.07) is 18.3. The molecule has 3 aromatic carbocycles.